The van der Waals surface area contributed by atoms with Crippen LogP contribution >= 0.6 is 15.9 Å². The summed E-state index contributed by atoms with van der Waals surface area (Å²) in [7, 11) is 0. The van der Waals surface area contributed by atoms with Gasteiger partial charge < -0.3 is 0 Å². The number of carbonyl (C=O) groups is 1. The first-order chi connectivity index (χ1) is 12.4. The van der Waals surface area contributed by atoms with Gasteiger partial charge in [0.2, 0.25) is 0 Å². The smallest absolute Gasteiger partial charge is 0.162 e. The Morgan fingerprint density at radius 3 is 2.88 bits per heavy atom. The highest BCUT2D eigenvalue weighted by Crippen LogP contribution is 2.30. The molecule has 0 radical (unpaired) electrons. The Morgan fingerprint density at radius 1 is 1.42 bits per heavy atom. The lowest BCUT2D eigenvalue weighted by atomic mass is 9.82. The summed E-state index contributed by atoms with van der Waals surface area (Å²) in [4.78, 5) is 12.5. The number of carbonyl (C=O) groups excluding carboxylic acids is 1. The fraction of sp³-hybridized carbons (Fsp3) is 0.364. The second-order valence-electron chi connectivity index (χ2n) is 6.69. The molecular weight excluding hydrogens is 388 g/mol. The molecule has 0 bridgehead atoms. The van der Waals surface area contributed by atoms with Crippen LogP contribution in [-0.4, -0.2) is 23.0 Å². The Kier molecular flexibility index (Phi) is 7.58. The quantitative estimate of drug-likeness (QED) is 0.376. The number of allylic oxidation sites excluding steroid dienone is 9. The number of hydrazone groups is 1. The highest BCUT2D eigenvalue weighted by atomic mass is 79.9. The predicted molar refractivity (Wildman–Crippen MR) is 114 cm³/mol. The van der Waals surface area contributed by atoms with E-state index in [1.54, 1.807) is 12.2 Å². The van der Waals surface area contributed by atoms with Crippen LogP contribution in [0.1, 0.15) is 33.1 Å². The Morgan fingerprint density at radius 2 is 2.19 bits per heavy atom. The molecular formula is C22H27BrN2O. The van der Waals surface area contributed by atoms with Gasteiger partial charge in [0.15, 0.2) is 5.78 Å². The molecule has 1 aliphatic heterocycles. The van der Waals surface area contributed by atoms with Gasteiger partial charge in [-0.05, 0) is 37.5 Å². The van der Waals surface area contributed by atoms with Crippen LogP contribution in [-0.2, 0) is 4.79 Å². The van der Waals surface area contributed by atoms with Crippen LogP contribution < -0.4 is 0 Å². The van der Waals surface area contributed by atoms with E-state index in [2.05, 4.69) is 78.3 Å². The second-order valence-corrected chi connectivity index (χ2v) is 7.71. The molecule has 0 amide bonds. The Bertz CT molecular complexity index is 724. The van der Waals surface area contributed by atoms with Gasteiger partial charge in [-0.15, -0.1) is 0 Å². The summed E-state index contributed by atoms with van der Waals surface area (Å²) in [5, 5.41) is 6.81. The maximum atomic E-state index is 12.5. The number of hydrogen-bond donors (Lipinski definition) is 0. The fourth-order valence-electron chi connectivity index (χ4n) is 3.24. The molecule has 0 aromatic carbocycles. The first kappa shape index (κ1) is 20.4. The van der Waals surface area contributed by atoms with Crippen molar-refractivity contribution in [1.82, 2.24) is 5.01 Å². The van der Waals surface area contributed by atoms with Crippen molar-refractivity contribution in [2.24, 2.45) is 16.9 Å². The van der Waals surface area contributed by atoms with Gasteiger partial charge in [-0.1, -0.05) is 66.7 Å². The van der Waals surface area contributed by atoms with Gasteiger partial charge in [0.25, 0.3) is 0 Å². The monoisotopic (exact) mass is 414 g/mol. The van der Waals surface area contributed by atoms with E-state index < -0.39 is 0 Å². The highest BCUT2D eigenvalue weighted by molar-refractivity contribution is 9.11. The maximum Gasteiger partial charge on any atom is 0.162 e. The predicted octanol–water partition coefficient (Wildman–Crippen LogP) is 5.70. The molecule has 1 aliphatic carbocycles. The van der Waals surface area contributed by atoms with Crippen LogP contribution in [0.25, 0.3) is 0 Å². The SMILES string of the molecule is C=C(Br)/C=C\C(=C)C(=O)CC(CC)C1CN(C2=CC=CCC=C2)N=C1C. The van der Waals surface area contributed by atoms with Crippen LogP contribution in [0.5, 0.6) is 0 Å². The number of Topliss-reactive ketones (excluding diaryl/α,β-unsaturated/α-hetero) is 1. The van der Waals surface area contributed by atoms with Gasteiger partial charge in [-0.25, -0.2) is 0 Å². The molecule has 2 unspecified atom stereocenters. The molecule has 3 nitrogen and oxygen atoms in total. The highest BCUT2D eigenvalue weighted by Gasteiger charge is 2.32. The van der Waals surface area contributed by atoms with Crippen molar-refractivity contribution in [2.45, 2.75) is 33.1 Å². The molecule has 138 valence electrons. The van der Waals surface area contributed by atoms with Gasteiger partial charge in [-0.3, -0.25) is 9.80 Å². The second kappa shape index (κ2) is 9.67. The normalized spacial score (nSPS) is 20.7. The topological polar surface area (TPSA) is 32.7 Å². The van der Waals surface area contributed by atoms with E-state index in [4.69, 9.17) is 5.10 Å². The summed E-state index contributed by atoms with van der Waals surface area (Å²) in [5.41, 5.74) is 2.72. The first-order valence-corrected chi connectivity index (χ1v) is 9.82. The van der Waals surface area contributed by atoms with Crippen molar-refractivity contribution in [3.05, 3.63) is 71.4 Å². The number of ketones is 1. The van der Waals surface area contributed by atoms with Crippen molar-refractivity contribution in [2.75, 3.05) is 6.54 Å². The molecule has 0 saturated carbocycles. The van der Waals surface area contributed by atoms with Gasteiger partial charge in [0.1, 0.15) is 0 Å². The van der Waals surface area contributed by atoms with E-state index in [9.17, 15) is 4.79 Å². The summed E-state index contributed by atoms with van der Waals surface area (Å²) in [6.07, 6.45) is 16.4. The molecule has 2 rings (SSSR count). The number of rotatable bonds is 8. The number of halogens is 1. The van der Waals surface area contributed by atoms with Gasteiger partial charge in [-0.2, -0.15) is 5.10 Å². The van der Waals surface area contributed by atoms with Gasteiger partial charge in [0, 0.05) is 34.7 Å². The molecule has 0 aromatic rings. The van der Waals surface area contributed by atoms with Gasteiger partial charge in [0.05, 0.1) is 5.70 Å². The largest absolute Gasteiger partial charge is 0.294 e. The third-order valence-corrected chi connectivity index (χ3v) is 5.08. The summed E-state index contributed by atoms with van der Waals surface area (Å²) in [5.74, 6) is 0.637. The van der Waals surface area contributed by atoms with Crippen LogP contribution in [0.4, 0.5) is 0 Å². The lowest BCUT2D eigenvalue weighted by Gasteiger charge is -2.23. The summed E-state index contributed by atoms with van der Waals surface area (Å²) in [6, 6.07) is 0. The maximum absolute atomic E-state index is 12.5. The lowest BCUT2D eigenvalue weighted by Crippen LogP contribution is -2.27. The lowest BCUT2D eigenvalue weighted by molar-refractivity contribution is -0.116. The fourth-order valence-corrected chi connectivity index (χ4v) is 3.37. The van der Waals surface area contributed by atoms with E-state index in [1.807, 2.05) is 0 Å². The molecule has 2 atom stereocenters. The van der Waals surface area contributed by atoms with Crippen LogP contribution in [0.15, 0.2) is 76.5 Å². The van der Waals surface area contributed by atoms with E-state index in [0.29, 0.717) is 12.0 Å². The van der Waals surface area contributed by atoms with E-state index in [1.165, 1.54) is 0 Å². The molecule has 0 saturated heterocycles. The van der Waals surface area contributed by atoms with Gasteiger partial charge >= 0.3 is 0 Å². The molecule has 0 aromatic heterocycles. The minimum Gasteiger partial charge on any atom is -0.294 e. The van der Waals surface area contributed by atoms with E-state index in [0.717, 1.165) is 35.3 Å². The zero-order valence-electron chi connectivity index (χ0n) is 15.6. The number of nitrogens with zero attached hydrogens (tertiary/aromatic N) is 2. The van der Waals surface area contributed by atoms with Crippen LogP contribution in [0, 0.1) is 11.8 Å². The molecule has 0 fully saturated rings. The molecule has 2 aliphatic rings. The van der Waals surface area contributed by atoms with Crippen molar-refractivity contribution in [1.29, 1.82) is 0 Å². The molecule has 4 heteroatoms. The minimum absolute atomic E-state index is 0.0876. The number of hydrogen-bond acceptors (Lipinski definition) is 3. The molecule has 26 heavy (non-hydrogen) atoms. The molecule has 0 N–H and O–H groups in total. The van der Waals surface area contributed by atoms with E-state index in [-0.39, 0.29) is 17.6 Å². The van der Waals surface area contributed by atoms with Crippen LogP contribution in [0.3, 0.4) is 0 Å². The third-order valence-electron chi connectivity index (χ3n) is 4.81. The van der Waals surface area contributed by atoms with Crippen molar-refractivity contribution in [3.63, 3.8) is 0 Å². The van der Waals surface area contributed by atoms with Crippen molar-refractivity contribution in [3.8, 4) is 0 Å². The molecule has 1 heterocycles. The zero-order chi connectivity index (χ0) is 19.1. The average Bonchev–Trinajstić information content (AvgIpc) is 2.83. The zero-order valence-corrected chi connectivity index (χ0v) is 17.2. The Hall–Kier alpha value is -1.94. The Balaban J connectivity index is 2.04. The third kappa shape index (κ3) is 5.53. The average molecular weight is 415 g/mol. The summed E-state index contributed by atoms with van der Waals surface area (Å²) in [6.45, 7) is 12.7. The van der Waals surface area contributed by atoms with Crippen molar-refractivity contribution < 1.29 is 4.79 Å². The minimum atomic E-state index is 0.0876. The van der Waals surface area contributed by atoms with Crippen molar-refractivity contribution >= 4 is 27.4 Å². The Labute approximate surface area is 165 Å². The first-order valence-electron chi connectivity index (χ1n) is 9.03. The molecule has 0 spiro atoms. The standard InChI is InChI=1S/C22H27BrN2O/c1-5-19(14-22(26)16(2)12-13-17(3)23)21-15-25(24-18(21)4)20-10-8-6-7-9-11-20/h6,8-13,19,21H,2-3,5,7,14-15H2,1,4H3/b13-12-. The van der Waals surface area contributed by atoms with Crippen LogP contribution in [0.2, 0.25) is 0 Å². The summed E-state index contributed by atoms with van der Waals surface area (Å²) < 4.78 is 0.728. The van der Waals surface area contributed by atoms with E-state index >= 15 is 0 Å². The summed E-state index contributed by atoms with van der Waals surface area (Å²) >= 11 is 3.26.